The first kappa shape index (κ1) is 18.3. The standard InChI is InChI=1S/C21H18N6O2/c1-2-29-14-7-8-18-16(9-14)21(26-17-6-4-3-5-15(17)19(22)28)27-20(25-18)13-10-23-12-24-11-13/h3-12H,2H2,1H3,(H2,22,28)(H,25,26,27). The smallest absolute Gasteiger partial charge is 0.250 e. The van der Waals surface area contributed by atoms with E-state index in [4.69, 9.17) is 10.5 Å². The predicted molar refractivity (Wildman–Crippen MR) is 110 cm³/mol. The van der Waals surface area contributed by atoms with Crippen LogP contribution in [0.25, 0.3) is 22.3 Å². The Kier molecular flexibility index (Phi) is 4.98. The second kappa shape index (κ2) is 7.89. The van der Waals surface area contributed by atoms with Crippen LogP contribution in [0, 0.1) is 0 Å². The van der Waals surface area contributed by atoms with Crippen molar-refractivity contribution in [3.63, 3.8) is 0 Å². The number of anilines is 2. The molecule has 0 aliphatic carbocycles. The van der Waals surface area contributed by atoms with E-state index in [1.807, 2.05) is 31.2 Å². The summed E-state index contributed by atoms with van der Waals surface area (Å²) in [7, 11) is 0. The minimum absolute atomic E-state index is 0.366. The van der Waals surface area contributed by atoms with E-state index < -0.39 is 5.91 Å². The normalized spacial score (nSPS) is 10.7. The van der Waals surface area contributed by atoms with Gasteiger partial charge < -0.3 is 15.8 Å². The molecule has 0 fully saturated rings. The Hall–Kier alpha value is -4.07. The number of nitrogens with zero attached hydrogens (tertiary/aromatic N) is 4. The Balaban J connectivity index is 1.89. The Morgan fingerprint density at radius 1 is 1.10 bits per heavy atom. The van der Waals surface area contributed by atoms with E-state index in [9.17, 15) is 4.79 Å². The fourth-order valence-corrected chi connectivity index (χ4v) is 2.94. The van der Waals surface area contributed by atoms with Crippen molar-refractivity contribution in [2.45, 2.75) is 6.92 Å². The molecule has 0 aliphatic rings. The number of nitrogens with two attached hydrogens (primary N) is 1. The third-order valence-corrected chi connectivity index (χ3v) is 4.24. The number of hydrogen-bond acceptors (Lipinski definition) is 7. The van der Waals surface area contributed by atoms with Crippen molar-refractivity contribution in [1.82, 2.24) is 19.9 Å². The number of carbonyl (C=O) groups excluding carboxylic acids is 1. The Morgan fingerprint density at radius 3 is 2.66 bits per heavy atom. The molecule has 0 aliphatic heterocycles. The van der Waals surface area contributed by atoms with Gasteiger partial charge in [0, 0.05) is 17.8 Å². The molecule has 2 aromatic heterocycles. The molecule has 0 saturated heterocycles. The average Bonchev–Trinajstić information content (AvgIpc) is 2.75. The molecule has 144 valence electrons. The first-order valence-electron chi connectivity index (χ1n) is 9.01. The highest BCUT2D eigenvalue weighted by atomic mass is 16.5. The van der Waals surface area contributed by atoms with Gasteiger partial charge in [0.2, 0.25) is 0 Å². The molecule has 4 aromatic rings. The van der Waals surface area contributed by atoms with Gasteiger partial charge in [-0.2, -0.15) is 0 Å². The predicted octanol–water partition coefficient (Wildman–Crippen LogP) is 3.33. The van der Waals surface area contributed by atoms with E-state index in [1.165, 1.54) is 6.33 Å². The summed E-state index contributed by atoms with van der Waals surface area (Å²) in [6, 6.07) is 12.6. The van der Waals surface area contributed by atoms with Crippen molar-refractivity contribution in [3.8, 4) is 17.1 Å². The van der Waals surface area contributed by atoms with Gasteiger partial charge in [0.1, 0.15) is 17.9 Å². The second-order valence-electron chi connectivity index (χ2n) is 6.17. The number of carbonyl (C=O) groups is 1. The molecule has 0 radical (unpaired) electrons. The maximum atomic E-state index is 11.8. The Morgan fingerprint density at radius 2 is 1.90 bits per heavy atom. The van der Waals surface area contributed by atoms with Gasteiger partial charge in [0.25, 0.3) is 5.91 Å². The summed E-state index contributed by atoms with van der Waals surface area (Å²) in [5.41, 5.74) is 7.82. The highest BCUT2D eigenvalue weighted by Gasteiger charge is 2.14. The number of ether oxygens (including phenoxy) is 1. The maximum absolute atomic E-state index is 11.8. The number of hydrogen-bond donors (Lipinski definition) is 2. The summed E-state index contributed by atoms with van der Waals surface area (Å²) in [5, 5.41) is 3.97. The number of aromatic nitrogens is 4. The number of fused-ring (bicyclic) bond motifs is 1. The molecular formula is C21H18N6O2. The molecule has 0 spiro atoms. The van der Waals surface area contributed by atoms with Crippen LogP contribution in [-0.4, -0.2) is 32.4 Å². The Labute approximate surface area is 166 Å². The van der Waals surface area contributed by atoms with Crippen LogP contribution in [0.4, 0.5) is 11.5 Å². The van der Waals surface area contributed by atoms with E-state index in [0.29, 0.717) is 46.3 Å². The molecule has 8 heteroatoms. The molecule has 0 atom stereocenters. The minimum atomic E-state index is -0.529. The SMILES string of the molecule is CCOc1ccc2nc(-c3cncnc3)nc(Nc3ccccc3C(N)=O)c2c1. The molecule has 0 unspecified atom stereocenters. The van der Waals surface area contributed by atoms with E-state index >= 15 is 0 Å². The average molecular weight is 386 g/mol. The zero-order chi connectivity index (χ0) is 20.2. The summed E-state index contributed by atoms with van der Waals surface area (Å²) >= 11 is 0. The lowest BCUT2D eigenvalue weighted by Crippen LogP contribution is -2.13. The topological polar surface area (TPSA) is 116 Å². The van der Waals surface area contributed by atoms with Crippen LogP contribution in [0.3, 0.4) is 0 Å². The van der Waals surface area contributed by atoms with Gasteiger partial charge >= 0.3 is 0 Å². The zero-order valence-electron chi connectivity index (χ0n) is 15.7. The van der Waals surface area contributed by atoms with Gasteiger partial charge in [0.15, 0.2) is 5.82 Å². The van der Waals surface area contributed by atoms with Crippen molar-refractivity contribution >= 4 is 28.3 Å². The molecule has 0 saturated carbocycles. The lowest BCUT2D eigenvalue weighted by Gasteiger charge is -2.14. The molecule has 2 heterocycles. The Bertz CT molecular complexity index is 1180. The molecule has 0 bridgehead atoms. The quantitative estimate of drug-likeness (QED) is 0.522. The molecule has 3 N–H and O–H groups in total. The number of para-hydroxylation sites is 1. The monoisotopic (exact) mass is 386 g/mol. The largest absolute Gasteiger partial charge is 0.494 e. The van der Waals surface area contributed by atoms with Gasteiger partial charge in [-0.25, -0.2) is 19.9 Å². The van der Waals surface area contributed by atoms with Crippen molar-refractivity contribution < 1.29 is 9.53 Å². The van der Waals surface area contributed by atoms with Crippen LogP contribution in [0.5, 0.6) is 5.75 Å². The van der Waals surface area contributed by atoms with Crippen molar-refractivity contribution in [2.24, 2.45) is 5.73 Å². The van der Waals surface area contributed by atoms with Gasteiger partial charge in [-0.3, -0.25) is 4.79 Å². The fraction of sp³-hybridized carbons (Fsp3) is 0.0952. The third-order valence-electron chi connectivity index (χ3n) is 4.24. The fourth-order valence-electron chi connectivity index (χ4n) is 2.94. The maximum Gasteiger partial charge on any atom is 0.250 e. The van der Waals surface area contributed by atoms with Crippen molar-refractivity contribution in [3.05, 3.63) is 66.7 Å². The zero-order valence-corrected chi connectivity index (χ0v) is 15.7. The molecular weight excluding hydrogens is 368 g/mol. The molecule has 1 amide bonds. The van der Waals surface area contributed by atoms with E-state index in [1.54, 1.807) is 30.6 Å². The second-order valence-corrected chi connectivity index (χ2v) is 6.17. The summed E-state index contributed by atoms with van der Waals surface area (Å²) in [4.78, 5) is 29.2. The number of rotatable bonds is 6. The molecule has 8 nitrogen and oxygen atoms in total. The number of benzene rings is 2. The third kappa shape index (κ3) is 3.81. The molecule has 4 rings (SSSR count). The van der Waals surface area contributed by atoms with E-state index in [2.05, 4.69) is 25.3 Å². The van der Waals surface area contributed by atoms with Crippen LogP contribution >= 0.6 is 0 Å². The van der Waals surface area contributed by atoms with Crippen LogP contribution in [0.15, 0.2) is 61.2 Å². The highest BCUT2D eigenvalue weighted by Crippen LogP contribution is 2.30. The number of nitrogens with one attached hydrogen (secondary N) is 1. The van der Waals surface area contributed by atoms with Crippen molar-refractivity contribution in [2.75, 3.05) is 11.9 Å². The minimum Gasteiger partial charge on any atom is -0.494 e. The van der Waals surface area contributed by atoms with Gasteiger partial charge in [-0.1, -0.05) is 12.1 Å². The van der Waals surface area contributed by atoms with Crippen LogP contribution in [0.1, 0.15) is 17.3 Å². The first-order chi connectivity index (χ1) is 14.2. The molecule has 29 heavy (non-hydrogen) atoms. The van der Waals surface area contributed by atoms with Crippen LogP contribution < -0.4 is 15.8 Å². The van der Waals surface area contributed by atoms with E-state index in [-0.39, 0.29) is 0 Å². The summed E-state index contributed by atoms with van der Waals surface area (Å²) in [6.45, 7) is 2.46. The van der Waals surface area contributed by atoms with Crippen LogP contribution in [-0.2, 0) is 0 Å². The van der Waals surface area contributed by atoms with Crippen LogP contribution in [0.2, 0.25) is 0 Å². The van der Waals surface area contributed by atoms with E-state index in [0.717, 1.165) is 5.39 Å². The summed E-state index contributed by atoms with van der Waals surface area (Å²) < 4.78 is 5.62. The first-order valence-corrected chi connectivity index (χ1v) is 9.01. The van der Waals surface area contributed by atoms with Gasteiger partial charge in [-0.15, -0.1) is 0 Å². The highest BCUT2D eigenvalue weighted by molar-refractivity contribution is 6.01. The number of primary amides is 1. The van der Waals surface area contributed by atoms with Crippen molar-refractivity contribution in [1.29, 1.82) is 0 Å². The molecule has 2 aromatic carbocycles. The van der Waals surface area contributed by atoms with Gasteiger partial charge in [0.05, 0.1) is 28.9 Å². The summed E-state index contributed by atoms with van der Waals surface area (Å²) in [5.74, 6) is 1.15. The number of amides is 1. The lowest BCUT2D eigenvalue weighted by molar-refractivity contribution is 0.100. The summed E-state index contributed by atoms with van der Waals surface area (Å²) in [6.07, 6.45) is 4.73. The van der Waals surface area contributed by atoms with Gasteiger partial charge in [-0.05, 0) is 37.3 Å². The lowest BCUT2D eigenvalue weighted by atomic mass is 10.1.